The Morgan fingerprint density at radius 2 is 1.63 bits per heavy atom. The van der Waals surface area contributed by atoms with Crippen LogP contribution >= 0.6 is 0 Å². The molecule has 2 unspecified atom stereocenters. The molecule has 8 heteroatoms. The molecule has 1 saturated carbocycles. The molecule has 0 radical (unpaired) electrons. The molecule has 3 atom stereocenters. The minimum atomic E-state index is -1.17. The van der Waals surface area contributed by atoms with E-state index in [4.69, 9.17) is 0 Å². The Labute approximate surface area is 204 Å². The maximum Gasteiger partial charge on any atom is 0.326 e. The van der Waals surface area contributed by atoms with Gasteiger partial charge in [-0.1, -0.05) is 44.2 Å². The smallest absolute Gasteiger partial charge is 0.326 e. The lowest BCUT2D eigenvalue weighted by Gasteiger charge is -2.38. The SMILES string of the molecule is Cc1ccccc1C(=O)Nc1ccc(C[C@H](NC(=O)C2CCC(C)(C(=O)O)C2(C)C)C(=O)O)cc1. The summed E-state index contributed by atoms with van der Waals surface area (Å²) >= 11 is 0. The van der Waals surface area contributed by atoms with Crippen LogP contribution in [0.15, 0.2) is 48.5 Å². The predicted octanol–water partition coefficient (Wildman–Crippen LogP) is 3.89. The zero-order chi connectivity index (χ0) is 26.0. The van der Waals surface area contributed by atoms with Gasteiger partial charge in [0, 0.05) is 23.6 Å². The standard InChI is InChI=1S/C27H32N2O6/c1-16-7-5-6-8-19(16)22(30)28-18-11-9-17(10-12-18)15-21(24(32)33)29-23(31)20-13-14-27(4,25(34)35)26(20,2)3/h5-12,20-21H,13-15H2,1-4H3,(H,28,30)(H,29,31)(H,32,33)(H,34,35)/t20?,21-,27?/m0/s1. The van der Waals surface area contributed by atoms with Gasteiger partial charge in [0.05, 0.1) is 5.41 Å². The topological polar surface area (TPSA) is 133 Å². The zero-order valence-electron chi connectivity index (χ0n) is 20.4. The third-order valence-corrected chi connectivity index (χ3v) is 7.67. The Bertz CT molecular complexity index is 1140. The Morgan fingerprint density at radius 3 is 2.17 bits per heavy atom. The monoisotopic (exact) mass is 480 g/mol. The normalized spacial score (nSPS) is 21.7. The predicted molar refractivity (Wildman–Crippen MR) is 131 cm³/mol. The van der Waals surface area contributed by atoms with Crippen LogP contribution in [-0.2, 0) is 20.8 Å². The van der Waals surface area contributed by atoms with Crippen LogP contribution in [0.2, 0.25) is 0 Å². The van der Waals surface area contributed by atoms with E-state index in [9.17, 15) is 29.4 Å². The van der Waals surface area contributed by atoms with Crippen molar-refractivity contribution in [2.75, 3.05) is 5.32 Å². The summed E-state index contributed by atoms with van der Waals surface area (Å²) in [5.74, 6) is -3.42. The largest absolute Gasteiger partial charge is 0.481 e. The van der Waals surface area contributed by atoms with Crippen molar-refractivity contribution < 1.29 is 29.4 Å². The lowest BCUT2D eigenvalue weighted by molar-refractivity contribution is -0.155. The molecule has 2 aromatic rings. The maximum atomic E-state index is 13.0. The number of carbonyl (C=O) groups is 4. The number of amides is 2. The molecule has 4 N–H and O–H groups in total. The molecule has 186 valence electrons. The first kappa shape index (κ1) is 25.9. The van der Waals surface area contributed by atoms with Gasteiger partial charge in [0.2, 0.25) is 5.91 Å². The number of rotatable bonds is 8. The fourth-order valence-corrected chi connectivity index (χ4v) is 4.80. The highest BCUT2D eigenvalue weighted by atomic mass is 16.4. The number of aryl methyl sites for hydroxylation is 1. The van der Waals surface area contributed by atoms with Gasteiger partial charge >= 0.3 is 11.9 Å². The molecule has 3 rings (SSSR count). The van der Waals surface area contributed by atoms with Crippen molar-refractivity contribution in [3.63, 3.8) is 0 Å². The molecule has 8 nitrogen and oxygen atoms in total. The van der Waals surface area contributed by atoms with E-state index < -0.39 is 40.6 Å². The lowest BCUT2D eigenvalue weighted by atomic mass is 9.65. The molecule has 1 aliphatic carbocycles. The van der Waals surface area contributed by atoms with Crippen molar-refractivity contribution in [3.05, 3.63) is 65.2 Å². The van der Waals surface area contributed by atoms with E-state index in [1.165, 1.54) is 0 Å². The minimum Gasteiger partial charge on any atom is -0.481 e. The van der Waals surface area contributed by atoms with Gasteiger partial charge in [0.1, 0.15) is 6.04 Å². The highest BCUT2D eigenvalue weighted by molar-refractivity contribution is 6.05. The fraction of sp³-hybridized carbons (Fsp3) is 0.407. The molecule has 0 spiro atoms. The first-order valence-corrected chi connectivity index (χ1v) is 11.6. The second-order valence-corrected chi connectivity index (χ2v) is 10.0. The van der Waals surface area contributed by atoms with Gasteiger partial charge in [-0.2, -0.15) is 0 Å². The maximum absolute atomic E-state index is 13.0. The molecule has 0 saturated heterocycles. The van der Waals surface area contributed by atoms with Crippen molar-refractivity contribution in [2.24, 2.45) is 16.7 Å². The second-order valence-electron chi connectivity index (χ2n) is 10.0. The molecule has 2 amide bonds. The van der Waals surface area contributed by atoms with Crippen LogP contribution in [-0.4, -0.2) is 40.0 Å². The number of hydrogen-bond donors (Lipinski definition) is 4. The van der Waals surface area contributed by atoms with Crippen molar-refractivity contribution in [1.82, 2.24) is 5.32 Å². The fourth-order valence-electron chi connectivity index (χ4n) is 4.80. The average Bonchev–Trinajstić information content (AvgIpc) is 3.04. The van der Waals surface area contributed by atoms with Crippen LogP contribution < -0.4 is 10.6 Å². The molecule has 0 bridgehead atoms. The summed E-state index contributed by atoms with van der Waals surface area (Å²) < 4.78 is 0. The van der Waals surface area contributed by atoms with Gasteiger partial charge in [-0.25, -0.2) is 4.79 Å². The number of carbonyl (C=O) groups excluding carboxylic acids is 2. The summed E-state index contributed by atoms with van der Waals surface area (Å²) in [7, 11) is 0. The Balaban J connectivity index is 1.66. The number of aliphatic carboxylic acids is 2. The van der Waals surface area contributed by atoms with Crippen molar-refractivity contribution in [1.29, 1.82) is 0 Å². The highest BCUT2D eigenvalue weighted by Crippen LogP contribution is 2.56. The van der Waals surface area contributed by atoms with Gasteiger partial charge in [-0.3, -0.25) is 14.4 Å². The average molecular weight is 481 g/mol. The summed E-state index contributed by atoms with van der Waals surface area (Å²) in [6.45, 7) is 6.99. The Kier molecular flexibility index (Phi) is 7.33. The Morgan fingerprint density at radius 1 is 1.00 bits per heavy atom. The van der Waals surface area contributed by atoms with E-state index in [1.54, 1.807) is 57.2 Å². The summed E-state index contributed by atoms with van der Waals surface area (Å²) in [6.07, 6.45) is 0.778. The van der Waals surface area contributed by atoms with Crippen molar-refractivity contribution >= 4 is 29.4 Å². The van der Waals surface area contributed by atoms with E-state index in [1.807, 2.05) is 19.1 Å². The van der Waals surface area contributed by atoms with E-state index in [-0.39, 0.29) is 12.3 Å². The van der Waals surface area contributed by atoms with E-state index in [2.05, 4.69) is 10.6 Å². The number of carboxylic acids is 2. The molecule has 1 fully saturated rings. The summed E-state index contributed by atoms with van der Waals surface area (Å²) in [5, 5.41) is 24.8. The summed E-state index contributed by atoms with van der Waals surface area (Å²) in [5.41, 5.74) is 0.774. The van der Waals surface area contributed by atoms with Crippen LogP contribution in [0.4, 0.5) is 5.69 Å². The first-order chi connectivity index (χ1) is 16.4. The number of nitrogens with one attached hydrogen (secondary N) is 2. The van der Waals surface area contributed by atoms with Crippen LogP contribution in [0.1, 0.15) is 55.1 Å². The highest BCUT2D eigenvalue weighted by Gasteiger charge is 2.58. The third kappa shape index (κ3) is 5.21. The van der Waals surface area contributed by atoms with E-state index >= 15 is 0 Å². The second kappa shape index (κ2) is 9.90. The molecule has 35 heavy (non-hydrogen) atoms. The Hall–Kier alpha value is -3.68. The van der Waals surface area contributed by atoms with Gasteiger partial charge in [0.25, 0.3) is 5.91 Å². The van der Waals surface area contributed by atoms with Gasteiger partial charge < -0.3 is 20.8 Å². The lowest BCUT2D eigenvalue weighted by Crippen LogP contribution is -2.49. The molecule has 0 aromatic heterocycles. The van der Waals surface area contributed by atoms with E-state index in [0.29, 0.717) is 29.7 Å². The molecular weight excluding hydrogens is 448 g/mol. The number of hydrogen-bond acceptors (Lipinski definition) is 4. The number of anilines is 1. The zero-order valence-corrected chi connectivity index (χ0v) is 20.4. The van der Waals surface area contributed by atoms with Gasteiger partial charge in [0.15, 0.2) is 0 Å². The number of carboxylic acid groups (broad SMARTS) is 2. The molecule has 1 aliphatic rings. The van der Waals surface area contributed by atoms with Crippen LogP contribution in [0, 0.1) is 23.7 Å². The summed E-state index contributed by atoms with van der Waals surface area (Å²) in [4.78, 5) is 49.2. The van der Waals surface area contributed by atoms with Crippen LogP contribution in [0.25, 0.3) is 0 Å². The minimum absolute atomic E-state index is 0.0520. The van der Waals surface area contributed by atoms with Gasteiger partial charge in [-0.05, 0) is 61.4 Å². The molecule has 0 heterocycles. The van der Waals surface area contributed by atoms with Gasteiger partial charge in [-0.15, -0.1) is 0 Å². The molecular formula is C27H32N2O6. The third-order valence-electron chi connectivity index (χ3n) is 7.67. The quantitative estimate of drug-likeness (QED) is 0.453. The van der Waals surface area contributed by atoms with E-state index in [0.717, 1.165) is 5.56 Å². The summed E-state index contributed by atoms with van der Waals surface area (Å²) in [6, 6.07) is 12.9. The van der Waals surface area contributed by atoms with Crippen molar-refractivity contribution in [2.45, 2.75) is 53.0 Å². The van der Waals surface area contributed by atoms with Crippen LogP contribution in [0.3, 0.4) is 0 Å². The molecule has 2 aromatic carbocycles. The molecule has 0 aliphatic heterocycles. The van der Waals surface area contributed by atoms with Crippen LogP contribution in [0.5, 0.6) is 0 Å². The van der Waals surface area contributed by atoms with Crippen molar-refractivity contribution in [3.8, 4) is 0 Å². The first-order valence-electron chi connectivity index (χ1n) is 11.6. The number of benzene rings is 2.